The van der Waals surface area contributed by atoms with E-state index in [0.29, 0.717) is 18.0 Å². The molecule has 0 saturated heterocycles. The van der Waals surface area contributed by atoms with Crippen LogP contribution in [-0.2, 0) is 6.54 Å². The molecule has 0 spiro atoms. The van der Waals surface area contributed by atoms with Crippen molar-refractivity contribution in [3.05, 3.63) is 23.5 Å². The van der Waals surface area contributed by atoms with E-state index in [0.717, 1.165) is 19.3 Å². The second-order valence-corrected chi connectivity index (χ2v) is 6.91. The van der Waals surface area contributed by atoms with Gasteiger partial charge in [0.15, 0.2) is 5.78 Å². The molecule has 1 fully saturated rings. The molecule has 2 rings (SSSR count). The molecule has 0 radical (unpaired) electrons. The molecule has 1 aromatic rings. The first-order valence-corrected chi connectivity index (χ1v) is 7.77. The molecule has 0 aromatic carbocycles. The predicted molar refractivity (Wildman–Crippen MR) is 81.8 cm³/mol. The molecule has 4 heteroatoms. The first-order valence-electron chi connectivity index (χ1n) is 7.77. The maximum absolute atomic E-state index is 11.5. The summed E-state index contributed by atoms with van der Waals surface area (Å²) in [5.74, 6) is -0.444. The quantitative estimate of drug-likeness (QED) is 0.806. The summed E-state index contributed by atoms with van der Waals surface area (Å²) in [4.78, 5) is 22.9. The number of aromatic carboxylic acids is 1. The molecule has 1 heterocycles. The van der Waals surface area contributed by atoms with Crippen LogP contribution in [0.2, 0.25) is 0 Å². The van der Waals surface area contributed by atoms with Gasteiger partial charge >= 0.3 is 5.97 Å². The van der Waals surface area contributed by atoms with Crippen molar-refractivity contribution in [3.8, 4) is 0 Å². The van der Waals surface area contributed by atoms with Crippen molar-refractivity contribution in [3.63, 3.8) is 0 Å². The van der Waals surface area contributed by atoms with Crippen LogP contribution in [0.25, 0.3) is 0 Å². The molecular formula is C17H25NO3. The van der Waals surface area contributed by atoms with Crippen LogP contribution in [0.3, 0.4) is 0 Å². The zero-order valence-electron chi connectivity index (χ0n) is 13.2. The summed E-state index contributed by atoms with van der Waals surface area (Å²) in [6.45, 7) is 6.62. The van der Waals surface area contributed by atoms with Gasteiger partial charge in [-0.25, -0.2) is 4.79 Å². The Morgan fingerprint density at radius 1 is 1.33 bits per heavy atom. The number of Topliss-reactive ketones (excluding diaryl/α,β-unsaturated/α-hetero) is 1. The third kappa shape index (κ3) is 3.55. The van der Waals surface area contributed by atoms with Crippen LogP contribution in [0.4, 0.5) is 0 Å². The van der Waals surface area contributed by atoms with Crippen molar-refractivity contribution in [2.75, 3.05) is 0 Å². The van der Waals surface area contributed by atoms with E-state index >= 15 is 0 Å². The second kappa shape index (κ2) is 6.04. The number of hydrogen-bond donors (Lipinski definition) is 1. The van der Waals surface area contributed by atoms with Crippen LogP contribution in [0.15, 0.2) is 12.3 Å². The molecule has 21 heavy (non-hydrogen) atoms. The summed E-state index contributed by atoms with van der Waals surface area (Å²) >= 11 is 0. The predicted octanol–water partition coefficient (Wildman–Crippen LogP) is 4.00. The van der Waals surface area contributed by atoms with Crippen molar-refractivity contribution in [2.24, 2.45) is 11.3 Å². The Labute approximate surface area is 126 Å². The topological polar surface area (TPSA) is 59.3 Å². The minimum atomic E-state index is -0.958. The average Bonchev–Trinajstić information content (AvgIpc) is 2.96. The third-order valence-corrected chi connectivity index (χ3v) is 4.53. The normalized spacial score (nSPS) is 17.3. The highest BCUT2D eigenvalue weighted by Crippen LogP contribution is 2.44. The van der Waals surface area contributed by atoms with Gasteiger partial charge in [-0.1, -0.05) is 26.7 Å². The number of hydrogen-bond acceptors (Lipinski definition) is 2. The maximum Gasteiger partial charge on any atom is 0.352 e. The molecule has 0 atom stereocenters. The van der Waals surface area contributed by atoms with Gasteiger partial charge in [0, 0.05) is 18.3 Å². The number of ketones is 1. The summed E-state index contributed by atoms with van der Waals surface area (Å²) in [5, 5.41) is 9.37. The van der Waals surface area contributed by atoms with Crippen LogP contribution >= 0.6 is 0 Å². The van der Waals surface area contributed by atoms with E-state index in [1.165, 1.54) is 25.8 Å². The molecule has 0 aliphatic heterocycles. The van der Waals surface area contributed by atoms with E-state index in [-0.39, 0.29) is 16.9 Å². The number of nitrogens with zero attached hydrogens (tertiary/aromatic N) is 1. The highest BCUT2D eigenvalue weighted by Gasteiger charge is 2.35. The SMILES string of the molecule is CC(=O)c1cc(C(=O)O)n(CC2(CC(C)C)CCCC2)c1. The van der Waals surface area contributed by atoms with Gasteiger partial charge in [0.25, 0.3) is 0 Å². The van der Waals surface area contributed by atoms with Crippen LogP contribution in [0, 0.1) is 11.3 Å². The fraction of sp³-hybridized carbons (Fsp3) is 0.647. The average molecular weight is 291 g/mol. The van der Waals surface area contributed by atoms with E-state index in [1.54, 1.807) is 10.8 Å². The maximum atomic E-state index is 11.5. The second-order valence-electron chi connectivity index (χ2n) is 6.91. The number of aromatic nitrogens is 1. The van der Waals surface area contributed by atoms with Gasteiger partial charge in [0.2, 0.25) is 0 Å². The molecule has 1 aliphatic rings. The molecule has 0 unspecified atom stereocenters. The Kier molecular flexibility index (Phi) is 4.55. The molecule has 0 bridgehead atoms. The Bertz CT molecular complexity index is 536. The van der Waals surface area contributed by atoms with E-state index in [4.69, 9.17) is 0 Å². The Morgan fingerprint density at radius 2 is 1.95 bits per heavy atom. The number of carbonyl (C=O) groups is 2. The lowest BCUT2D eigenvalue weighted by molar-refractivity contribution is 0.0679. The Morgan fingerprint density at radius 3 is 2.43 bits per heavy atom. The standard InChI is InChI=1S/C17H25NO3/c1-12(2)9-17(6-4-5-7-17)11-18-10-14(13(3)19)8-15(18)16(20)21/h8,10,12H,4-7,9,11H2,1-3H3,(H,20,21). The molecule has 1 saturated carbocycles. The lowest BCUT2D eigenvalue weighted by Crippen LogP contribution is -2.27. The van der Waals surface area contributed by atoms with Crippen LogP contribution < -0.4 is 0 Å². The van der Waals surface area contributed by atoms with Crippen LogP contribution in [0.5, 0.6) is 0 Å². The van der Waals surface area contributed by atoms with E-state index < -0.39 is 5.97 Å². The number of rotatable bonds is 6. The van der Waals surface area contributed by atoms with Gasteiger partial charge in [0.1, 0.15) is 5.69 Å². The largest absolute Gasteiger partial charge is 0.477 e. The van der Waals surface area contributed by atoms with E-state index in [1.807, 2.05) is 0 Å². The number of carbonyl (C=O) groups excluding carboxylic acids is 1. The number of carboxylic acid groups (broad SMARTS) is 1. The first-order chi connectivity index (χ1) is 9.83. The highest BCUT2D eigenvalue weighted by atomic mass is 16.4. The monoisotopic (exact) mass is 291 g/mol. The fourth-order valence-corrected chi connectivity index (χ4v) is 3.79. The number of carboxylic acids is 1. The van der Waals surface area contributed by atoms with Crippen molar-refractivity contribution in [2.45, 2.75) is 59.4 Å². The molecular weight excluding hydrogens is 266 g/mol. The molecule has 1 N–H and O–H groups in total. The third-order valence-electron chi connectivity index (χ3n) is 4.53. The lowest BCUT2D eigenvalue weighted by Gasteiger charge is -2.32. The molecule has 1 aliphatic carbocycles. The van der Waals surface area contributed by atoms with Gasteiger partial charge in [-0.15, -0.1) is 0 Å². The van der Waals surface area contributed by atoms with Crippen molar-refractivity contribution < 1.29 is 14.7 Å². The highest BCUT2D eigenvalue weighted by molar-refractivity contribution is 5.97. The molecule has 4 nitrogen and oxygen atoms in total. The van der Waals surface area contributed by atoms with Gasteiger partial charge in [-0.2, -0.15) is 0 Å². The summed E-state index contributed by atoms with van der Waals surface area (Å²) < 4.78 is 1.78. The van der Waals surface area contributed by atoms with Crippen LogP contribution in [-0.4, -0.2) is 21.4 Å². The van der Waals surface area contributed by atoms with Crippen molar-refractivity contribution >= 4 is 11.8 Å². The zero-order valence-corrected chi connectivity index (χ0v) is 13.2. The summed E-state index contributed by atoms with van der Waals surface area (Å²) in [5.41, 5.74) is 0.908. The first kappa shape index (κ1) is 15.8. The summed E-state index contributed by atoms with van der Waals surface area (Å²) in [6, 6.07) is 1.50. The zero-order chi connectivity index (χ0) is 15.6. The van der Waals surface area contributed by atoms with Gasteiger partial charge in [-0.05, 0) is 43.6 Å². The molecule has 1 aromatic heterocycles. The van der Waals surface area contributed by atoms with Crippen LogP contribution in [0.1, 0.15) is 73.7 Å². The van der Waals surface area contributed by atoms with Gasteiger partial charge < -0.3 is 9.67 Å². The molecule has 0 amide bonds. The Balaban J connectivity index is 2.32. The van der Waals surface area contributed by atoms with Crippen molar-refractivity contribution in [1.29, 1.82) is 0 Å². The fourth-order valence-electron chi connectivity index (χ4n) is 3.79. The molecule has 116 valence electrons. The minimum Gasteiger partial charge on any atom is -0.477 e. The van der Waals surface area contributed by atoms with Crippen molar-refractivity contribution in [1.82, 2.24) is 4.57 Å². The van der Waals surface area contributed by atoms with Gasteiger partial charge in [0.05, 0.1) is 0 Å². The van der Waals surface area contributed by atoms with E-state index in [9.17, 15) is 14.7 Å². The Hall–Kier alpha value is -1.58. The lowest BCUT2D eigenvalue weighted by atomic mass is 9.78. The minimum absolute atomic E-state index is 0.0828. The van der Waals surface area contributed by atoms with Gasteiger partial charge in [-0.3, -0.25) is 4.79 Å². The van der Waals surface area contributed by atoms with E-state index in [2.05, 4.69) is 13.8 Å². The summed E-state index contributed by atoms with van der Waals surface area (Å²) in [6.07, 6.45) is 7.56. The smallest absolute Gasteiger partial charge is 0.352 e. The summed E-state index contributed by atoms with van der Waals surface area (Å²) in [7, 11) is 0.